The molecular weight excluding hydrogens is 879 g/mol. The minimum atomic E-state index is 0.0686. The summed E-state index contributed by atoms with van der Waals surface area (Å²) < 4.78 is 0. The van der Waals surface area contributed by atoms with Gasteiger partial charge in [-0.15, -0.1) is 0 Å². The molecule has 0 unspecified atom stereocenters. The van der Waals surface area contributed by atoms with E-state index in [0.717, 1.165) is 17.1 Å². The van der Waals surface area contributed by atoms with Crippen LogP contribution in [0.15, 0.2) is 249 Å². The van der Waals surface area contributed by atoms with Gasteiger partial charge in [-0.1, -0.05) is 254 Å². The molecule has 352 valence electrons. The molecule has 0 aliphatic rings. The van der Waals surface area contributed by atoms with E-state index in [4.69, 9.17) is 0 Å². The first-order valence-corrected chi connectivity index (χ1v) is 25.8. The Kier molecular flexibility index (Phi) is 11.4. The fourth-order valence-electron chi connectivity index (χ4n) is 11.3. The summed E-state index contributed by atoms with van der Waals surface area (Å²) in [5.41, 5.74) is 18.5. The van der Waals surface area contributed by atoms with Gasteiger partial charge in [0.15, 0.2) is 0 Å². The largest absolute Gasteiger partial charge is 0.311 e. The minimum Gasteiger partial charge on any atom is -0.311 e. The number of rotatable bonds is 8. The highest BCUT2D eigenvalue weighted by molar-refractivity contribution is 6.24. The standard InChI is InChI=1S/C72H59N/c1-71(2,3)52-38-44-55(45-39-52)73(56-46-40-53(41-47-56)72(4,5)6)54-42-36-51(37-43-54)69-61-26-14-12-24-59(61)67(60-25-13-15-27-62(60)69)49-32-34-50(35-33-49)68-63-28-16-18-30-65(63)70(66-31-19-17-29-64(66)68)58-23-11-10-22-57(58)48-20-8-7-9-21-48/h7-47H,1-6H3. The maximum absolute atomic E-state index is 2.39. The molecule has 12 aromatic rings. The molecular formula is C72H59N. The van der Waals surface area contributed by atoms with Crippen LogP contribution in [0.5, 0.6) is 0 Å². The number of hydrogen-bond acceptors (Lipinski definition) is 1. The van der Waals surface area contributed by atoms with Crippen molar-refractivity contribution >= 4 is 60.2 Å². The summed E-state index contributed by atoms with van der Waals surface area (Å²) in [7, 11) is 0. The van der Waals surface area contributed by atoms with Crippen LogP contribution in [-0.2, 0) is 10.8 Å². The van der Waals surface area contributed by atoms with Gasteiger partial charge in [0.25, 0.3) is 0 Å². The van der Waals surface area contributed by atoms with Crippen LogP contribution in [0.25, 0.3) is 98.7 Å². The molecule has 0 atom stereocenters. The SMILES string of the molecule is CC(C)(C)c1ccc(N(c2ccc(-c3c4ccccc4c(-c4ccc(-c5c6ccccc6c(-c6ccccc6-c6ccccc6)c6ccccc56)cc4)c4ccccc34)cc2)c2ccc(C(C)(C)C)cc2)cc1. The van der Waals surface area contributed by atoms with Crippen LogP contribution in [-0.4, -0.2) is 0 Å². The third-order valence-corrected chi connectivity index (χ3v) is 15.0. The van der Waals surface area contributed by atoms with E-state index in [-0.39, 0.29) is 10.8 Å². The molecule has 12 rings (SSSR count). The van der Waals surface area contributed by atoms with Gasteiger partial charge in [0.1, 0.15) is 0 Å². The number of anilines is 3. The van der Waals surface area contributed by atoms with Crippen LogP contribution in [0, 0.1) is 0 Å². The fourth-order valence-corrected chi connectivity index (χ4v) is 11.3. The highest BCUT2D eigenvalue weighted by Gasteiger charge is 2.23. The zero-order valence-electron chi connectivity index (χ0n) is 42.6. The lowest BCUT2D eigenvalue weighted by Gasteiger charge is -2.28. The van der Waals surface area contributed by atoms with Gasteiger partial charge in [0.05, 0.1) is 0 Å². The maximum Gasteiger partial charge on any atom is 0.0462 e. The van der Waals surface area contributed by atoms with Crippen molar-refractivity contribution in [3.05, 3.63) is 260 Å². The predicted octanol–water partition coefficient (Wildman–Crippen LogP) is 20.7. The molecule has 0 saturated carbocycles. The molecule has 0 spiro atoms. The lowest BCUT2D eigenvalue weighted by atomic mass is 9.83. The molecule has 0 radical (unpaired) electrons. The Balaban J connectivity index is 0.965. The van der Waals surface area contributed by atoms with Gasteiger partial charge in [-0.3, -0.25) is 0 Å². The first-order valence-electron chi connectivity index (χ1n) is 25.8. The number of benzene rings is 12. The van der Waals surface area contributed by atoms with Gasteiger partial charge in [0, 0.05) is 17.1 Å². The van der Waals surface area contributed by atoms with Crippen LogP contribution >= 0.6 is 0 Å². The summed E-state index contributed by atoms with van der Waals surface area (Å²) in [5, 5.41) is 9.96. The van der Waals surface area contributed by atoms with E-state index in [0.29, 0.717) is 0 Å². The summed E-state index contributed by atoms with van der Waals surface area (Å²) in [5.74, 6) is 0. The average Bonchev–Trinajstić information content (AvgIpc) is 3.42. The second kappa shape index (κ2) is 18.3. The van der Waals surface area contributed by atoms with Crippen LogP contribution < -0.4 is 4.90 Å². The summed E-state index contributed by atoms with van der Waals surface area (Å²) in [6.45, 7) is 13.6. The molecule has 0 amide bonds. The molecule has 0 bridgehead atoms. The summed E-state index contributed by atoms with van der Waals surface area (Å²) in [4.78, 5) is 2.39. The van der Waals surface area contributed by atoms with Crippen molar-refractivity contribution in [1.82, 2.24) is 0 Å². The quantitative estimate of drug-likeness (QED) is 0.137. The van der Waals surface area contributed by atoms with Crippen molar-refractivity contribution in [2.75, 3.05) is 4.90 Å². The molecule has 0 fully saturated rings. The van der Waals surface area contributed by atoms with Gasteiger partial charge < -0.3 is 4.90 Å². The second-order valence-electron chi connectivity index (χ2n) is 21.6. The van der Waals surface area contributed by atoms with Gasteiger partial charge in [0.2, 0.25) is 0 Å². The van der Waals surface area contributed by atoms with Crippen LogP contribution in [0.1, 0.15) is 52.7 Å². The lowest BCUT2D eigenvalue weighted by molar-refractivity contribution is 0.590. The van der Waals surface area contributed by atoms with E-state index < -0.39 is 0 Å². The van der Waals surface area contributed by atoms with Crippen molar-refractivity contribution in [3.63, 3.8) is 0 Å². The van der Waals surface area contributed by atoms with E-state index in [1.54, 1.807) is 0 Å². The third kappa shape index (κ3) is 8.26. The van der Waals surface area contributed by atoms with E-state index in [1.165, 1.54) is 110 Å². The molecule has 0 heterocycles. The molecule has 1 heteroatoms. The highest BCUT2D eigenvalue weighted by atomic mass is 15.1. The lowest BCUT2D eigenvalue weighted by Crippen LogP contribution is -2.14. The van der Waals surface area contributed by atoms with Crippen molar-refractivity contribution in [1.29, 1.82) is 0 Å². The van der Waals surface area contributed by atoms with E-state index in [1.807, 2.05) is 0 Å². The third-order valence-electron chi connectivity index (χ3n) is 15.0. The molecule has 0 aliphatic heterocycles. The normalized spacial score (nSPS) is 12.0. The van der Waals surface area contributed by atoms with Gasteiger partial charge >= 0.3 is 0 Å². The molecule has 1 nitrogen and oxygen atoms in total. The number of fused-ring (bicyclic) bond motifs is 4. The van der Waals surface area contributed by atoms with Crippen LogP contribution in [0.4, 0.5) is 17.1 Å². The zero-order chi connectivity index (χ0) is 49.8. The molecule has 0 aliphatic carbocycles. The van der Waals surface area contributed by atoms with Crippen molar-refractivity contribution < 1.29 is 0 Å². The molecule has 0 N–H and O–H groups in total. The molecule has 73 heavy (non-hydrogen) atoms. The zero-order valence-corrected chi connectivity index (χ0v) is 42.6. The monoisotopic (exact) mass is 937 g/mol. The van der Waals surface area contributed by atoms with Crippen molar-refractivity contribution in [2.45, 2.75) is 52.4 Å². The van der Waals surface area contributed by atoms with Crippen molar-refractivity contribution in [3.8, 4) is 55.6 Å². The van der Waals surface area contributed by atoms with E-state index in [2.05, 4.69) is 295 Å². The minimum absolute atomic E-state index is 0.0686. The second-order valence-corrected chi connectivity index (χ2v) is 21.6. The Morgan fingerprint density at radius 3 is 0.808 bits per heavy atom. The first kappa shape index (κ1) is 45.6. The Morgan fingerprint density at radius 1 is 0.219 bits per heavy atom. The van der Waals surface area contributed by atoms with E-state index in [9.17, 15) is 0 Å². The maximum atomic E-state index is 2.39. The molecule has 12 aromatic carbocycles. The summed E-state index contributed by atoms with van der Waals surface area (Å²) >= 11 is 0. The van der Waals surface area contributed by atoms with Gasteiger partial charge in [-0.2, -0.15) is 0 Å². The summed E-state index contributed by atoms with van der Waals surface area (Å²) in [6, 6.07) is 92.3. The Morgan fingerprint density at radius 2 is 0.479 bits per heavy atom. The number of nitrogens with zero attached hydrogens (tertiary/aromatic N) is 1. The Labute approximate surface area is 430 Å². The van der Waals surface area contributed by atoms with Gasteiger partial charge in [-0.25, -0.2) is 0 Å². The number of hydrogen-bond donors (Lipinski definition) is 0. The Hall–Kier alpha value is -8.52. The van der Waals surface area contributed by atoms with Crippen molar-refractivity contribution in [2.24, 2.45) is 0 Å². The molecule has 0 saturated heterocycles. The van der Waals surface area contributed by atoms with Gasteiger partial charge in [-0.05, 0) is 157 Å². The molecule has 0 aromatic heterocycles. The van der Waals surface area contributed by atoms with E-state index >= 15 is 0 Å². The van der Waals surface area contributed by atoms with Crippen LogP contribution in [0.3, 0.4) is 0 Å². The predicted molar refractivity (Wildman–Crippen MR) is 316 cm³/mol. The average molecular weight is 938 g/mol. The highest BCUT2D eigenvalue weighted by Crippen LogP contribution is 2.48. The smallest absolute Gasteiger partial charge is 0.0462 e. The summed E-state index contributed by atoms with van der Waals surface area (Å²) in [6.07, 6.45) is 0. The topological polar surface area (TPSA) is 3.24 Å². The Bertz CT molecular complexity index is 3810. The first-order chi connectivity index (χ1) is 35.5. The van der Waals surface area contributed by atoms with Crippen LogP contribution in [0.2, 0.25) is 0 Å². The fraction of sp³-hybridized carbons (Fsp3) is 0.111.